The molecule has 0 radical (unpaired) electrons. The van der Waals surface area contributed by atoms with Crippen LogP contribution in [-0.4, -0.2) is 36.4 Å². The van der Waals surface area contributed by atoms with Crippen molar-refractivity contribution >= 4 is 34.8 Å². The lowest BCUT2D eigenvalue weighted by atomic mass is 10.1. The van der Waals surface area contributed by atoms with Crippen molar-refractivity contribution in [1.82, 2.24) is 10.2 Å². The molecule has 2 aromatic rings. The van der Waals surface area contributed by atoms with Crippen molar-refractivity contribution in [3.63, 3.8) is 0 Å². The van der Waals surface area contributed by atoms with E-state index in [9.17, 15) is 9.59 Å². The Kier molecular flexibility index (Phi) is 5.60. The summed E-state index contributed by atoms with van der Waals surface area (Å²) in [6, 6.07) is 8.38. The lowest BCUT2D eigenvalue weighted by molar-refractivity contribution is -0.125. The van der Waals surface area contributed by atoms with Crippen LogP contribution in [-0.2, 0) is 11.3 Å². The molecule has 1 aromatic heterocycles. The maximum absolute atomic E-state index is 12.9. The van der Waals surface area contributed by atoms with E-state index in [1.165, 1.54) is 7.11 Å². The Labute approximate surface area is 155 Å². The largest absolute Gasteiger partial charge is 0.496 e. The summed E-state index contributed by atoms with van der Waals surface area (Å²) in [5, 5.41) is 5.35. The average Bonchev–Trinajstić information content (AvgIpc) is 3.30. The van der Waals surface area contributed by atoms with E-state index >= 15 is 0 Å². The number of hydrogen-bond acceptors (Lipinski definition) is 4. The van der Waals surface area contributed by atoms with Gasteiger partial charge in [0, 0.05) is 16.4 Å². The standard InChI is InChI=1S/C18H19ClN2O3S/c1-24-16-7-6-12(19)10-14(16)18(23)21-8-2-5-15(21)17(22)20-11-13-4-3-9-25-13/h3-4,6-7,9-10,15H,2,5,8,11H2,1H3,(H,20,22). The number of nitrogens with zero attached hydrogens (tertiary/aromatic N) is 1. The van der Waals surface area contributed by atoms with E-state index in [2.05, 4.69) is 5.32 Å². The van der Waals surface area contributed by atoms with Gasteiger partial charge in [0.25, 0.3) is 5.91 Å². The number of thiophene rings is 1. The quantitative estimate of drug-likeness (QED) is 0.868. The zero-order valence-corrected chi connectivity index (χ0v) is 15.4. The molecule has 3 rings (SSSR count). The van der Waals surface area contributed by atoms with E-state index in [0.717, 1.165) is 11.3 Å². The van der Waals surface area contributed by atoms with Gasteiger partial charge in [-0.3, -0.25) is 9.59 Å². The van der Waals surface area contributed by atoms with E-state index in [1.54, 1.807) is 34.4 Å². The number of hydrogen-bond donors (Lipinski definition) is 1. The molecule has 2 heterocycles. The molecule has 25 heavy (non-hydrogen) atoms. The van der Waals surface area contributed by atoms with Crippen LogP contribution in [0.4, 0.5) is 0 Å². The molecule has 0 bridgehead atoms. The second-order valence-electron chi connectivity index (χ2n) is 5.80. The first-order valence-electron chi connectivity index (χ1n) is 8.04. The summed E-state index contributed by atoms with van der Waals surface area (Å²) in [5.41, 5.74) is 0.382. The normalized spacial score (nSPS) is 16.7. The molecule has 1 fully saturated rings. The number of carbonyl (C=O) groups excluding carboxylic acids is 2. The molecule has 0 spiro atoms. The third-order valence-corrected chi connectivity index (χ3v) is 5.34. The van der Waals surface area contributed by atoms with Crippen molar-refractivity contribution < 1.29 is 14.3 Å². The summed E-state index contributed by atoms with van der Waals surface area (Å²) in [7, 11) is 1.51. The van der Waals surface area contributed by atoms with Gasteiger partial charge >= 0.3 is 0 Å². The van der Waals surface area contributed by atoms with Crippen LogP contribution in [0.3, 0.4) is 0 Å². The van der Waals surface area contributed by atoms with E-state index in [-0.39, 0.29) is 11.8 Å². The fraction of sp³-hybridized carbons (Fsp3) is 0.333. The molecule has 1 unspecified atom stereocenters. The van der Waals surface area contributed by atoms with E-state index in [1.807, 2.05) is 17.5 Å². The molecule has 5 nitrogen and oxygen atoms in total. The van der Waals surface area contributed by atoms with Crippen LogP contribution >= 0.6 is 22.9 Å². The number of methoxy groups -OCH3 is 1. The monoisotopic (exact) mass is 378 g/mol. The average molecular weight is 379 g/mol. The Morgan fingerprint density at radius 1 is 1.40 bits per heavy atom. The molecule has 1 aliphatic rings. The molecule has 1 saturated heterocycles. The number of likely N-dealkylation sites (tertiary alicyclic amines) is 1. The van der Waals surface area contributed by atoms with Crippen LogP contribution in [0.25, 0.3) is 0 Å². The van der Waals surface area contributed by atoms with Crippen molar-refractivity contribution in [2.24, 2.45) is 0 Å². The van der Waals surface area contributed by atoms with Crippen molar-refractivity contribution in [2.75, 3.05) is 13.7 Å². The van der Waals surface area contributed by atoms with Crippen LogP contribution in [0.1, 0.15) is 28.1 Å². The zero-order chi connectivity index (χ0) is 17.8. The van der Waals surface area contributed by atoms with Gasteiger partial charge in [0.1, 0.15) is 11.8 Å². The number of benzene rings is 1. The topological polar surface area (TPSA) is 58.6 Å². The van der Waals surface area contributed by atoms with Crippen LogP contribution in [0.5, 0.6) is 5.75 Å². The summed E-state index contributed by atoms with van der Waals surface area (Å²) < 4.78 is 5.27. The zero-order valence-electron chi connectivity index (χ0n) is 13.8. The summed E-state index contributed by atoms with van der Waals surface area (Å²) in [4.78, 5) is 28.2. The number of ether oxygens (including phenoxy) is 1. The number of carbonyl (C=O) groups is 2. The Bertz CT molecular complexity index is 764. The molecule has 1 atom stereocenters. The predicted molar refractivity (Wildman–Crippen MR) is 98.2 cm³/mol. The second kappa shape index (κ2) is 7.89. The van der Waals surface area contributed by atoms with E-state index in [4.69, 9.17) is 16.3 Å². The first-order valence-corrected chi connectivity index (χ1v) is 9.30. The maximum Gasteiger partial charge on any atom is 0.258 e. The van der Waals surface area contributed by atoms with Crippen LogP contribution in [0, 0.1) is 0 Å². The highest BCUT2D eigenvalue weighted by Crippen LogP contribution is 2.27. The number of halogens is 1. The van der Waals surface area contributed by atoms with Crippen molar-refractivity contribution in [2.45, 2.75) is 25.4 Å². The molecule has 1 aliphatic heterocycles. The molecule has 1 aromatic carbocycles. The minimum atomic E-state index is -0.462. The highest BCUT2D eigenvalue weighted by atomic mass is 35.5. The second-order valence-corrected chi connectivity index (χ2v) is 7.27. The summed E-state index contributed by atoms with van der Waals surface area (Å²) in [6.45, 7) is 1.03. The minimum Gasteiger partial charge on any atom is -0.496 e. The van der Waals surface area contributed by atoms with Crippen LogP contribution in [0.15, 0.2) is 35.7 Å². The van der Waals surface area contributed by atoms with Gasteiger partial charge in [-0.1, -0.05) is 17.7 Å². The fourth-order valence-electron chi connectivity index (χ4n) is 2.99. The van der Waals surface area contributed by atoms with E-state index < -0.39 is 6.04 Å². The van der Waals surface area contributed by atoms with Gasteiger partial charge in [-0.25, -0.2) is 0 Å². The Morgan fingerprint density at radius 2 is 2.24 bits per heavy atom. The lowest BCUT2D eigenvalue weighted by Crippen LogP contribution is -2.45. The Hall–Kier alpha value is -2.05. The smallest absolute Gasteiger partial charge is 0.258 e. The molecule has 0 saturated carbocycles. The molecule has 132 valence electrons. The molecule has 7 heteroatoms. The molecule has 0 aliphatic carbocycles. The van der Waals surface area contributed by atoms with Gasteiger partial charge in [0.15, 0.2) is 0 Å². The lowest BCUT2D eigenvalue weighted by Gasteiger charge is -2.24. The summed E-state index contributed by atoms with van der Waals surface area (Å²) in [5.74, 6) is 0.104. The summed E-state index contributed by atoms with van der Waals surface area (Å²) >= 11 is 7.62. The van der Waals surface area contributed by atoms with Gasteiger partial charge in [-0.05, 0) is 42.5 Å². The highest BCUT2D eigenvalue weighted by Gasteiger charge is 2.35. The van der Waals surface area contributed by atoms with Crippen LogP contribution in [0.2, 0.25) is 5.02 Å². The van der Waals surface area contributed by atoms with Crippen molar-refractivity contribution in [3.8, 4) is 5.75 Å². The van der Waals surface area contributed by atoms with Gasteiger partial charge in [-0.15, -0.1) is 11.3 Å². The van der Waals surface area contributed by atoms with Crippen LogP contribution < -0.4 is 10.1 Å². The van der Waals surface area contributed by atoms with Gasteiger partial charge < -0.3 is 15.0 Å². The number of rotatable bonds is 5. The fourth-order valence-corrected chi connectivity index (χ4v) is 3.81. The Morgan fingerprint density at radius 3 is 2.96 bits per heavy atom. The number of nitrogens with one attached hydrogen (secondary N) is 1. The third-order valence-electron chi connectivity index (χ3n) is 4.23. The summed E-state index contributed by atoms with van der Waals surface area (Å²) in [6.07, 6.45) is 1.45. The molecule has 2 amide bonds. The van der Waals surface area contributed by atoms with Crippen molar-refractivity contribution in [1.29, 1.82) is 0 Å². The highest BCUT2D eigenvalue weighted by molar-refractivity contribution is 7.09. The van der Waals surface area contributed by atoms with E-state index in [0.29, 0.717) is 35.8 Å². The van der Waals surface area contributed by atoms with Crippen molar-refractivity contribution in [3.05, 3.63) is 51.2 Å². The third kappa shape index (κ3) is 3.96. The van der Waals surface area contributed by atoms with Gasteiger partial charge in [-0.2, -0.15) is 0 Å². The first kappa shape index (κ1) is 17.8. The van der Waals surface area contributed by atoms with Gasteiger partial charge in [0.2, 0.25) is 5.91 Å². The molecular formula is C18H19ClN2O3S. The molecular weight excluding hydrogens is 360 g/mol. The minimum absolute atomic E-state index is 0.125. The Balaban J connectivity index is 1.73. The molecule has 1 N–H and O–H groups in total. The van der Waals surface area contributed by atoms with Gasteiger partial charge in [0.05, 0.1) is 19.2 Å². The first-order chi connectivity index (χ1) is 12.1. The SMILES string of the molecule is COc1ccc(Cl)cc1C(=O)N1CCCC1C(=O)NCc1cccs1. The predicted octanol–water partition coefficient (Wildman–Crippen LogP) is 3.33. The number of amides is 2. The maximum atomic E-state index is 12.9.